The number of ether oxygens (including phenoxy) is 1. The van der Waals surface area contributed by atoms with E-state index in [1.54, 1.807) is 0 Å². The number of carboxylic acid groups (broad SMARTS) is 1. The topological polar surface area (TPSA) is 140 Å². The number of aryl methyl sites for hydroxylation is 2. The van der Waals surface area contributed by atoms with Crippen LogP contribution in [-0.4, -0.2) is 73.9 Å². The number of aliphatic carboxylic acids is 1. The number of likely N-dealkylation sites (N-methyl/N-ethyl adjacent to an activating group) is 1. The molecule has 0 saturated carbocycles. The number of nitrogens with zero attached hydrogens (tertiary/aromatic N) is 2. The molecular weight excluding hydrogens is 767 g/mol. The van der Waals surface area contributed by atoms with Crippen molar-refractivity contribution in [2.75, 3.05) is 49.1 Å². The van der Waals surface area contributed by atoms with E-state index in [1.165, 1.54) is 16.8 Å². The maximum Gasteiger partial charge on any atom is 0.407 e. The Kier molecular flexibility index (Phi) is 16.3. The lowest BCUT2D eigenvalue weighted by molar-refractivity contribution is -0.136. The minimum absolute atomic E-state index is 0.0244. The predicted molar refractivity (Wildman–Crippen MR) is 244 cm³/mol. The van der Waals surface area contributed by atoms with E-state index in [2.05, 4.69) is 134 Å². The van der Waals surface area contributed by atoms with Gasteiger partial charge in [-0.1, -0.05) is 91.0 Å². The number of alkyl carbamates (subject to hydrolysis) is 1. The molecule has 11 nitrogen and oxygen atoms in total. The fraction of sp³-hybridized carbons (Fsp3) is 0.360. The number of para-hydroxylation sites is 2. The zero-order chi connectivity index (χ0) is 43.9. The van der Waals surface area contributed by atoms with E-state index in [9.17, 15) is 19.2 Å². The van der Waals surface area contributed by atoms with Gasteiger partial charge in [-0.05, 0) is 112 Å². The highest BCUT2D eigenvalue weighted by atomic mass is 16.5. The molecule has 3 amide bonds. The van der Waals surface area contributed by atoms with Gasteiger partial charge in [0, 0.05) is 55.6 Å². The number of unbranched alkanes of at least 4 members (excludes halogenated alkanes) is 1. The fourth-order valence-corrected chi connectivity index (χ4v) is 8.01. The van der Waals surface area contributed by atoms with E-state index in [4.69, 9.17) is 9.84 Å². The Balaban J connectivity index is 1.08. The van der Waals surface area contributed by atoms with E-state index in [0.29, 0.717) is 19.5 Å². The van der Waals surface area contributed by atoms with Crippen LogP contribution in [0.3, 0.4) is 0 Å². The molecule has 61 heavy (non-hydrogen) atoms. The van der Waals surface area contributed by atoms with Crippen LogP contribution in [0.1, 0.15) is 80.7 Å². The van der Waals surface area contributed by atoms with E-state index in [0.717, 1.165) is 65.1 Å². The molecule has 0 fully saturated rings. The molecule has 5 rings (SSSR count). The second kappa shape index (κ2) is 21.8. The van der Waals surface area contributed by atoms with Crippen molar-refractivity contribution in [2.45, 2.75) is 78.7 Å². The summed E-state index contributed by atoms with van der Waals surface area (Å²) in [5.74, 6) is -1.63. The van der Waals surface area contributed by atoms with Crippen LogP contribution in [0.4, 0.5) is 16.2 Å². The van der Waals surface area contributed by atoms with Gasteiger partial charge < -0.3 is 35.6 Å². The standard InChI is InChI=1S/C50H61N5O6/c1-7-55(45-23-13-9-18-36(45)3)50(5,6)27-16-19-37(4)54(44-22-12-8-17-35(44)2)30-15-14-24-46(56)51-28-29-52-47(57)32-38-25-26-41-39-20-10-11-21-40(39)43(42(41)31-38)34-61-49(60)53-33-48(58)59/h8-13,16-23,25-27,31,43H,7,14-15,24,28-30,32-34H2,1-6H3,(H,51,56)(H,52,57)(H,53,60)(H,58,59)/b27-16+,37-19+. The number of fused-ring (bicyclic) bond motifs is 3. The van der Waals surface area contributed by atoms with Gasteiger partial charge >= 0.3 is 12.1 Å². The quantitative estimate of drug-likeness (QED) is 0.0485. The van der Waals surface area contributed by atoms with Crippen LogP contribution >= 0.6 is 0 Å². The van der Waals surface area contributed by atoms with Gasteiger partial charge in [0.25, 0.3) is 0 Å². The van der Waals surface area contributed by atoms with Crippen LogP contribution < -0.4 is 25.8 Å². The third-order valence-electron chi connectivity index (χ3n) is 11.1. The number of allylic oxidation sites excluding steroid dienone is 3. The fourth-order valence-electron chi connectivity index (χ4n) is 8.01. The van der Waals surface area contributed by atoms with Gasteiger partial charge in [0.1, 0.15) is 13.2 Å². The molecule has 0 aromatic heterocycles. The number of anilines is 2. The summed E-state index contributed by atoms with van der Waals surface area (Å²) in [6, 6.07) is 30.6. The molecule has 1 aliphatic carbocycles. The number of hydrogen-bond donors (Lipinski definition) is 4. The third kappa shape index (κ3) is 12.6. The first-order valence-electron chi connectivity index (χ1n) is 21.2. The second-order valence-corrected chi connectivity index (χ2v) is 16.0. The lowest BCUT2D eigenvalue weighted by Gasteiger charge is -2.38. The molecule has 0 radical (unpaired) electrons. The molecule has 11 heteroatoms. The molecule has 0 saturated heterocycles. The monoisotopic (exact) mass is 827 g/mol. The minimum Gasteiger partial charge on any atom is -0.480 e. The molecule has 4 aromatic rings. The Morgan fingerprint density at radius 2 is 1.43 bits per heavy atom. The number of amides is 3. The second-order valence-electron chi connectivity index (χ2n) is 16.0. The van der Waals surface area contributed by atoms with Crippen molar-refractivity contribution in [1.29, 1.82) is 0 Å². The van der Waals surface area contributed by atoms with Crippen LogP contribution in [0.25, 0.3) is 11.1 Å². The summed E-state index contributed by atoms with van der Waals surface area (Å²) < 4.78 is 5.38. The summed E-state index contributed by atoms with van der Waals surface area (Å²) in [6.07, 6.45) is 7.87. The van der Waals surface area contributed by atoms with E-state index >= 15 is 0 Å². The van der Waals surface area contributed by atoms with Crippen molar-refractivity contribution in [2.24, 2.45) is 0 Å². The summed E-state index contributed by atoms with van der Waals surface area (Å²) in [7, 11) is 0. The Hall–Kier alpha value is -6.36. The number of carbonyl (C=O) groups is 4. The van der Waals surface area contributed by atoms with Crippen LogP contribution in [-0.2, 0) is 25.5 Å². The van der Waals surface area contributed by atoms with Crippen LogP contribution in [0, 0.1) is 13.8 Å². The molecule has 0 heterocycles. The van der Waals surface area contributed by atoms with Crippen LogP contribution in [0.15, 0.2) is 115 Å². The Bertz CT molecular complexity index is 2230. The number of hydrogen-bond acceptors (Lipinski definition) is 7. The van der Waals surface area contributed by atoms with Gasteiger partial charge in [-0.2, -0.15) is 0 Å². The highest BCUT2D eigenvalue weighted by molar-refractivity contribution is 5.82. The molecule has 322 valence electrons. The van der Waals surface area contributed by atoms with Gasteiger partial charge in [0.15, 0.2) is 0 Å². The minimum atomic E-state index is -1.16. The summed E-state index contributed by atoms with van der Waals surface area (Å²) in [5, 5.41) is 16.9. The van der Waals surface area contributed by atoms with Gasteiger partial charge in [0.05, 0.1) is 12.0 Å². The number of benzene rings is 4. The van der Waals surface area contributed by atoms with Crippen LogP contribution in [0.5, 0.6) is 0 Å². The normalized spacial score (nSPS) is 13.3. The largest absolute Gasteiger partial charge is 0.480 e. The van der Waals surface area contributed by atoms with Crippen molar-refractivity contribution >= 4 is 35.3 Å². The summed E-state index contributed by atoms with van der Waals surface area (Å²) in [6.45, 7) is 14.9. The smallest absolute Gasteiger partial charge is 0.407 e. The molecule has 1 aliphatic rings. The maximum atomic E-state index is 12.9. The first-order valence-corrected chi connectivity index (χ1v) is 21.2. The molecule has 4 aromatic carbocycles. The molecule has 1 unspecified atom stereocenters. The number of nitrogens with one attached hydrogen (secondary N) is 3. The van der Waals surface area contributed by atoms with Crippen molar-refractivity contribution in [3.63, 3.8) is 0 Å². The van der Waals surface area contributed by atoms with E-state index < -0.39 is 18.6 Å². The Morgan fingerprint density at radius 1 is 0.787 bits per heavy atom. The van der Waals surface area contributed by atoms with Crippen molar-refractivity contribution in [3.8, 4) is 11.1 Å². The van der Waals surface area contributed by atoms with E-state index in [1.807, 2.05) is 42.5 Å². The highest BCUT2D eigenvalue weighted by Gasteiger charge is 2.30. The van der Waals surface area contributed by atoms with Crippen molar-refractivity contribution in [3.05, 3.63) is 143 Å². The van der Waals surface area contributed by atoms with Crippen LogP contribution in [0.2, 0.25) is 0 Å². The van der Waals surface area contributed by atoms with Gasteiger partial charge in [0.2, 0.25) is 11.8 Å². The lowest BCUT2D eigenvalue weighted by Crippen LogP contribution is -2.42. The van der Waals surface area contributed by atoms with Gasteiger partial charge in [-0.3, -0.25) is 14.4 Å². The summed E-state index contributed by atoms with van der Waals surface area (Å²) >= 11 is 0. The molecular formula is C50H61N5O6. The molecule has 0 aliphatic heterocycles. The SMILES string of the molecule is CCN(c1ccccc1C)C(C)(C)/C=C/C=C(\C)N(CCCCC(=O)NCCNC(=O)Cc1ccc2c(c1)C(COC(=O)NCC(=O)O)c1ccccc1-2)c1ccccc1C. The summed E-state index contributed by atoms with van der Waals surface area (Å²) in [5.41, 5.74) is 10.5. The van der Waals surface area contributed by atoms with Gasteiger partial charge in [-0.25, -0.2) is 4.79 Å². The lowest BCUT2D eigenvalue weighted by atomic mass is 9.96. The predicted octanol–water partition coefficient (Wildman–Crippen LogP) is 8.44. The Labute approximate surface area is 360 Å². The van der Waals surface area contributed by atoms with Crippen molar-refractivity contribution < 1.29 is 29.0 Å². The molecule has 4 N–H and O–H groups in total. The zero-order valence-corrected chi connectivity index (χ0v) is 36.4. The average Bonchev–Trinajstić information content (AvgIpc) is 3.54. The van der Waals surface area contributed by atoms with Gasteiger partial charge in [-0.15, -0.1) is 0 Å². The molecule has 0 spiro atoms. The van der Waals surface area contributed by atoms with Crippen molar-refractivity contribution in [1.82, 2.24) is 16.0 Å². The number of carbonyl (C=O) groups excluding carboxylic acids is 3. The first kappa shape index (κ1) is 45.7. The highest BCUT2D eigenvalue weighted by Crippen LogP contribution is 2.45. The number of rotatable bonds is 21. The third-order valence-corrected chi connectivity index (χ3v) is 11.1. The number of carboxylic acids is 1. The summed E-state index contributed by atoms with van der Waals surface area (Å²) in [4.78, 5) is 53.4. The van der Waals surface area contributed by atoms with E-state index in [-0.39, 0.29) is 36.3 Å². The maximum absolute atomic E-state index is 12.9. The average molecular weight is 828 g/mol. The Morgan fingerprint density at radius 3 is 2.11 bits per heavy atom. The molecule has 1 atom stereocenters. The zero-order valence-electron chi connectivity index (χ0n) is 36.4. The first-order chi connectivity index (χ1) is 29.3. The molecule has 0 bridgehead atoms.